The molecule has 1 aromatic heterocycles. The van der Waals surface area contributed by atoms with Crippen molar-refractivity contribution in [3.05, 3.63) is 48.3 Å². The van der Waals surface area contributed by atoms with E-state index in [0.717, 1.165) is 11.1 Å². The van der Waals surface area contributed by atoms with Gasteiger partial charge in [-0.1, -0.05) is 30.3 Å². The molecule has 1 unspecified atom stereocenters. The van der Waals surface area contributed by atoms with Crippen LogP contribution in [0, 0.1) is 0 Å². The van der Waals surface area contributed by atoms with Gasteiger partial charge in [-0.15, -0.1) is 0 Å². The Balaban J connectivity index is 1.87. The molecule has 2 N–H and O–H groups in total. The third-order valence-corrected chi connectivity index (χ3v) is 3.88. The van der Waals surface area contributed by atoms with Crippen LogP contribution in [0.3, 0.4) is 0 Å². The molecule has 2 atom stereocenters. The lowest BCUT2D eigenvalue weighted by Gasteiger charge is -2.35. The largest absolute Gasteiger partial charge is 0.479 e. The third kappa shape index (κ3) is 3.12. The van der Waals surface area contributed by atoms with Crippen molar-refractivity contribution in [2.75, 3.05) is 13.1 Å². The monoisotopic (exact) mass is 314 g/mol. The topological polar surface area (TPSA) is 82.6 Å². The quantitative estimate of drug-likeness (QED) is 0.907. The second-order valence-electron chi connectivity index (χ2n) is 5.63. The average Bonchev–Trinajstić information content (AvgIpc) is 3.04. The third-order valence-electron chi connectivity index (χ3n) is 3.88. The number of carbonyl (C=O) groups is 2. The lowest BCUT2D eigenvalue weighted by atomic mass is 10.0. The molecule has 2 heterocycles. The van der Waals surface area contributed by atoms with Crippen LogP contribution in [0.15, 0.2) is 42.7 Å². The van der Waals surface area contributed by atoms with E-state index in [1.165, 1.54) is 0 Å². The number of aliphatic carboxylic acids is 1. The normalized spacial score (nSPS) is 21.2. The number of aromatic amines is 1. The van der Waals surface area contributed by atoms with Crippen molar-refractivity contribution in [3.8, 4) is 11.1 Å². The van der Waals surface area contributed by atoms with Gasteiger partial charge in [-0.2, -0.15) is 0 Å². The minimum absolute atomic E-state index is 0.0535. The fourth-order valence-corrected chi connectivity index (χ4v) is 2.82. The smallest absolute Gasteiger partial charge is 0.334 e. The van der Waals surface area contributed by atoms with Crippen LogP contribution in [0.25, 0.3) is 11.1 Å². The molecule has 0 saturated carbocycles. The van der Waals surface area contributed by atoms with Crippen LogP contribution in [0.5, 0.6) is 0 Å². The number of carbonyl (C=O) groups excluding carboxylic acids is 1. The summed E-state index contributed by atoms with van der Waals surface area (Å²) in [5.74, 6) is -1.24. The Morgan fingerprint density at radius 3 is 2.65 bits per heavy atom. The van der Waals surface area contributed by atoms with Gasteiger partial charge in [0.1, 0.15) is 0 Å². The average molecular weight is 314 g/mol. The van der Waals surface area contributed by atoms with Crippen molar-refractivity contribution in [3.63, 3.8) is 0 Å². The molecule has 6 heteroatoms. The van der Waals surface area contributed by atoms with Crippen LogP contribution in [0.1, 0.15) is 17.3 Å². The molecule has 1 aliphatic rings. The molecular formula is C17H18N2O4. The van der Waals surface area contributed by atoms with Gasteiger partial charge in [-0.3, -0.25) is 4.79 Å². The van der Waals surface area contributed by atoms with E-state index in [1.54, 1.807) is 24.2 Å². The highest BCUT2D eigenvalue weighted by Gasteiger charge is 2.33. The second-order valence-corrected chi connectivity index (χ2v) is 5.63. The summed E-state index contributed by atoms with van der Waals surface area (Å²) in [5.41, 5.74) is 2.28. The van der Waals surface area contributed by atoms with Crippen LogP contribution in [0.2, 0.25) is 0 Å². The number of morpholine rings is 1. The molecule has 120 valence electrons. The molecule has 1 aromatic carbocycles. The van der Waals surface area contributed by atoms with E-state index in [0.29, 0.717) is 12.1 Å². The summed E-state index contributed by atoms with van der Waals surface area (Å²) in [6, 6.07) is 9.60. The molecular weight excluding hydrogens is 296 g/mol. The fraction of sp³-hybridized carbons (Fsp3) is 0.294. The fourth-order valence-electron chi connectivity index (χ4n) is 2.82. The summed E-state index contributed by atoms with van der Waals surface area (Å²) in [5, 5.41) is 9.15. The Kier molecular flexibility index (Phi) is 4.16. The standard InChI is InChI=1S/C17H18N2O4/c1-11-9-19(10-15(23-11)17(21)22)16(20)14-8-18-7-13(14)12-5-3-2-4-6-12/h2-8,11,15,18H,9-10H2,1H3,(H,21,22)/t11-,15?/m1/s1. The molecule has 1 aliphatic heterocycles. The van der Waals surface area contributed by atoms with Crippen molar-refractivity contribution in [2.45, 2.75) is 19.1 Å². The number of benzene rings is 1. The number of rotatable bonds is 3. The molecule has 2 aromatic rings. The van der Waals surface area contributed by atoms with Crippen LogP contribution in [-0.4, -0.2) is 52.2 Å². The molecule has 0 radical (unpaired) electrons. The van der Waals surface area contributed by atoms with E-state index in [1.807, 2.05) is 30.3 Å². The van der Waals surface area contributed by atoms with Gasteiger partial charge in [-0.05, 0) is 12.5 Å². The number of carboxylic acid groups (broad SMARTS) is 1. The molecule has 0 spiro atoms. The Hall–Kier alpha value is -2.60. The first kappa shape index (κ1) is 15.3. The Morgan fingerprint density at radius 2 is 1.96 bits per heavy atom. The molecule has 6 nitrogen and oxygen atoms in total. The molecule has 0 aliphatic carbocycles. The SMILES string of the molecule is C[C@@H]1CN(C(=O)c2c[nH]cc2-c2ccccc2)CC(C(=O)O)O1. The van der Waals surface area contributed by atoms with Gasteiger partial charge in [0.25, 0.3) is 5.91 Å². The first-order valence-corrected chi connectivity index (χ1v) is 7.46. The summed E-state index contributed by atoms with van der Waals surface area (Å²) >= 11 is 0. The number of aromatic nitrogens is 1. The van der Waals surface area contributed by atoms with Crippen molar-refractivity contribution < 1.29 is 19.4 Å². The summed E-state index contributed by atoms with van der Waals surface area (Å²) in [6.45, 7) is 2.20. The zero-order chi connectivity index (χ0) is 16.4. The van der Waals surface area contributed by atoms with E-state index in [-0.39, 0.29) is 18.6 Å². The number of amides is 1. The molecule has 0 bridgehead atoms. The van der Waals surface area contributed by atoms with E-state index < -0.39 is 12.1 Å². The highest BCUT2D eigenvalue weighted by Crippen LogP contribution is 2.25. The van der Waals surface area contributed by atoms with E-state index in [9.17, 15) is 9.59 Å². The first-order valence-electron chi connectivity index (χ1n) is 7.46. The van der Waals surface area contributed by atoms with Crippen LogP contribution in [0.4, 0.5) is 0 Å². The van der Waals surface area contributed by atoms with Crippen molar-refractivity contribution >= 4 is 11.9 Å². The van der Waals surface area contributed by atoms with Gasteiger partial charge in [0, 0.05) is 24.5 Å². The van der Waals surface area contributed by atoms with Gasteiger partial charge < -0.3 is 19.7 Å². The number of carboxylic acids is 1. The summed E-state index contributed by atoms with van der Waals surface area (Å²) in [4.78, 5) is 28.5. The van der Waals surface area contributed by atoms with Gasteiger partial charge in [-0.25, -0.2) is 4.79 Å². The summed E-state index contributed by atoms with van der Waals surface area (Å²) in [7, 11) is 0. The molecule has 3 rings (SSSR count). The van der Waals surface area contributed by atoms with Crippen molar-refractivity contribution in [1.82, 2.24) is 9.88 Å². The number of ether oxygens (including phenoxy) is 1. The second kappa shape index (κ2) is 6.26. The number of hydrogen-bond acceptors (Lipinski definition) is 3. The number of nitrogens with zero attached hydrogens (tertiary/aromatic N) is 1. The highest BCUT2D eigenvalue weighted by atomic mass is 16.5. The zero-order valence-electron chi connectivity index (χ0n) is 12.7. The summed E-state index contributed by atoms with van der Waals surface area (Å²) in [6.07, 6.45) is 2.14. The number of hydrogen-bond donors (Lipinski definition) is 2. The number of nitrogens with one attached hydrogen (secondary N) is 1. The van der Waals surface area contributed by atoms with Crippen LogP contribution >= 0.6 is 0 Å². The van der Waals surface area contributed by atoms with E-state index in [4.69, 9.17) is 9.84 Å². The van der Waals surface area contributed by atoms with Crippen LogP contribution in [-0.2, 0) is 9.53 Å². The molecule has 1 saturated heterocycles. The lowest BCUT2D eigenvalue weighted by Crippen LogP contribution is -2.51. The van der Waals surface area contributed by atoms with Gasteiger partial charge in [0.15, 0.2) is 6.10 Å². The maximum absolute atomic E-state index is 12.8. The zero-order valence-corrected chi connectivity index (χ0v) is 12.7. The Bertz CT molecular complexity index is 710. The van der Waals surface area contributed by atoms with Gasteiger partial charge >= 0.3 is 5.97 Å². The van der Waals surface area contributed by atoms with Gasteiger partial charge in [0.05, 0.1) is 18.2 Å². The lowest BCUT2D eigenvalue weighted by molar-refractivity contribution is -0.160. The maximum Gasteiger partial charge on any atom is 0.334 e. The van der Waals surface area contributed by atoms with E-state index in [2.05, 4.69) is 4.98 Å². The predicted octanol–water partition coefficient (Wildman–Crippen LogP) is 2.00. The molecule has 23 heavy (non-hydrogen) atoms. The Labute approximate surface area is 133 Å². The maximum atomic E-state index is 12.8. The minimum Gasteiger partial charge on any atom is -0.479 e. The number of H-pyrrole nitrogens is 1. The summed E-state index contributed by atoms with van der Waals surface area (Å²) < 4.78 is 5.36. The van der Waals surface area contributed by atoms with Crippen molar-refractivity contribution in [1.29, 1.82) is 0 Å². The van der Waals surface area contributed by atoms with E-state index >= 15 is 0 Å². The highest BCUT2D eigenvalue weighted by molar-refractivity contribution is 6.01. The molecule has 1 amide bonds. The minimum atomic E-state index is -1.05. The first-order chi connectivity index (χ1) is 11.1. The Morgan fingerprint density at radius 1 is 1.22 bits per heavy atom. The van der Waals surface area contributed by atoms with Crippen molar-refractivity contribution in [2.24, 2.45) is 0 Å². The predicted molar refractivity (Wildman–Crippen MR) is 84.1 cm³/mol. The molecule has 1 fully saturated rings. The van der Waals surface area contributed by atoms with Crippen LogP contribution < -0.4 is 0 Å². The van der Waals surface area contributed by atoms with Gasteiger partial charge in [0.2, 0.25) is 0 Å².